The molecule has 0 radical (unpaired) electrons. The Morgan fingerprint density at radius 1 is 1.03 bits per heavy atom. The number of H-pyrrole nitrogens is 1. The van der Waals surface area contributed by atoms with Crippen molar-refractivity contribution in [2.75, 3.05) is 55.8 Å². The average Bonchev–Trinajstić information content (AvgIpc) is 3.27. The maximum Gasteiger partial charge on any atom is 0.250 e. The molecule has 35 heavy (non-hydrogen) atoms. The normalized spacial score (nSPS) is 17.3. The lowest BCUT2D eigenvalue weighted by Gasteiger charge is -2.28. The number of hydrogen-bond donors (Lipinski definition) is 2. The van der Waals surface area contributed by atoms with Crippen molar-refractivity contribution < 1.29 is 9.53 Å². The number of hydrogen-bond acceptors (Lipinski definition) is 6. The van der Waals surface area contributed by atoms with E-state index in [0.29, 0.717) is 11.1 Å². The van der Waals surface area contributed by atoms with Gasteiger partial charge in [0.1, 0.15) is 0 Å². The Bertz CT molecular complexity index is 1370. The molecule has 0 unspecified atom stereocenters. The number of nitrogens with one attached hydrogen (secondary N) is 1. The van der Waals surface area contributed by atoms with E-state index in [1.165, 1.54) is 11.3 Å². The van der Waals surface area contributed by atoms with Crippen molar-refractivity contribution >= 4 is 45.3 Å². The van der Waals surface area contributed by atoms with Crippen LogP contribution >= 0.6 is 11.8 Å². The zero-order valence-electron chi connectivity index (χ0n) is 19.6. The van der Waals surface area contributed by atoms with Gasteiger partial charge in [0, 0.05) is 60.9 Å². The van der Waals surface area contributed by atoms with Gasteiger partial charge in [0.15, 0.2) is 0 Å². The molecule has 0 bridgehead atoms. The van der Waals surface area contributed by atoms with E-state index in [2.05, 4.69) is 57.2 Å². The highest BCUT2D eigenvalue weighted by atomic mass is 32.2. The smallest absolute Gasteiger partial charge is 0.250 e. The number of pyridine rings is 1. The van der Waals surface area contributed by atoms with Gasteiger partial charge in [0.05, 0.1) is 41.0 Å². The van der Waals surface area contributed by atoms with Crippen LogP contribution in [0.15, 0.2) is 48.5 Å². The van der Waals surface area contributed by atoms with E-state index < -0.39 is 5.91 Å². The monoisotopic (exact) mass is 487 g/mol. The van der Waals surface area contributed by atoms with Crippen molar-refractivity contribution in [3.05, 3.63) is 59.7 Å². The van der Waals surface area contributed by atoms with Crippen molar-refractivity contribution in [2.45, 2.75) is 6.54 Å². The van der Waals surface area contributed by atoms with Crippen molar-refractivity contribution in [1.29, 1.82) is 0 Å². The fourth-order valence-corrected chi connectivity index (χ4v) is 5.91. The van der Waals surface area contributed by atoms with Gasteiger partial charge >= 0.3 is 0 Å². The number of benzene rings is 2. The van der Waals surface area contributed by atoms with Crippen LogP contribution in [0.1, 0.15) is 15.9 Å². The minimum atomic E-state index is -0.456. The Labute approximate surface area is 208 Å². The first-order valence-electron chi connectivity index (χ1n) is 12.1. The van der Waals surface area contributed by atoms with Crippen LogP contribution in [0, 0.1) is 0 Å². The van der Waals surface area contributed by atoms with Gasteiger partial charge in [-0.2, -0.15) is 11.8 Å². The number of aromatic amines is 1. The fraction of sp³-hybridized carbons (Fsp3) is 0.333. The second-order valence-corrected chi connectivity index (χ2v) is 10.4. The van der Waals surface area contributed by atoms with Crippen LogP contribution in [-0.4, -0.2) is 71.7 Å². The number of nitrogens with two attached hydrogens (primary N) is 1. The van der Waals surface area contributed by atoms with Crippen LogP contribution in [0.5, 0.6) is 0 Å². The van der Waals surface area contributed by atoms with E-state index in [4.69, 9.17) is 15.5 Å². The van der Waals surface area contributed by atoms with Gasteiger partial charge < -0.3 is 20.4 Å². The molecular weight excluding hydrogens is 458 g/mol. The summed E-state index contributed by atoms with van der Waals surface area (Å²) in [6, 6.07) is 16.7. The van der Waals surface area contributed by atoms with Gasteiger partial charge in [0.2, 0.25) is 0 Å². The molecule has 180 valence electrons. The molecular formula is C27H29N5O2S. The maximum atomic E-state index is 12.4. The largest absolute Gasteiger partial charge is 0.379 e. The van der Waals surface area contributed by atoms with Gasteiger partial charge in [-0.25, -0.2) is 4.98 Å². The Morgan fingerprint density at radius 3 is 2.54 bits per heavy atom. The molecule has 8 heteroatoms. The van der Waals surface area contributed by atoms with Gasteiger partial charge in [-0.15, -0.1) is 0 Å². The summed E-state index contributed by atoms with van der Waals surface area (Å²) < 4.78 is 5.45. The highest BCUT2D eigenvalue weighted by Crippen LogP contribution is 2.33. The first-order chi connectivity index (χ1) is 17.2. The van der Waals surface area contributed by atoms with Crippen molar-refractivity contribution in [3.8, 4) is 11.3 Å². The minimum absolute atomic E-state index is 0.456. The molecule has 0 atom stereocenters. The molecule has 2 saturated heterocycles. The number of rotatable bonds is 5. The van der Waals surface area contributed by atoms with Crippen LogP contribution in [-0.2, 0) is 11.3 Å². The van der Waals surface area contributed by atoms with Crippen LogP contribution in [0.3, 0.4) is 0 Å². The second kappa shape index (κ2) is 9.53. The predicted molar refractivity (Wildman–Crippen MR) is 143 cm³/mol. The number of thioether (sulfide) groups is 1. The van der Waals surface area contributed by atoms with Gasteiger partial charge in [0.25, 0.3) is 5.91 Å². The summed E-state index contributed by atoms with van der Waals surface area (Å²) in [5, 5.41) is 1.00. The number of carbonyl (C=O) groups is 1. The van der Waals surface area contributed by atoms with Gasteiger partial charge in [-0.05, 0) is 29.8 Å². The van der Waals surface area contributed by atoms with E-state index >= 15 is 0 Å². The average molecular weight is 488 g/mol. The second-order valence-electron chi connectivity index (χ2n) is 9.18. The number of amides is 1. The molecule has 6 rings (SSSR count). The van der Waals surface area contributed by atoms with E-state index in [0.717, 1.165) is 85.1 Å². The number of ether oxygens (including phenoxy) is 1. The number of primary amides is 1. The number of fused-ring (bicyclic) bond motifs is 3. The van der Waals surface area contributed by atoms with E-state index in [1.54, 1.807) is 6.07 Å². The zero-order chi connectivity index (χ0) is 23.8. The van der Waals surface area contributed by atoms with Crippen LogP contribution in [0.25, 0.3) is 33.2 Å². The van der Waals surface area contributed by atoms with E-state index in [-0.39, 0.29) is 0 Å². The lowest BCUT2D eigenvalue weighted by molar-refractivity contribution is 0.0342. The number of aromatic nitrogens is 2. The van der Waals surface area contributed by atoms with Crippen molar-refractivity contribution in [1.82, 2.24) is 14.9 Å². The molecule has 3 N–H and O–H groups in total. The molecule has 2 aromatic carbocycles. The summed E-state index contributed by atoms with van der Waals surface area (Å²) in [6.45, 7) is 6.51. The molecule has 4 heterocycles. The number of anilines is 1. The Kier molecular flexibility index (Phi) is 6.10. The van der Waals surface area contributed by atoms with Crippen LogP contribution in [0.2, 0.25) is 0 Å². The first-order valence-corrected chi connectivity index (χ1v) is 13.3. The van der Waals surface area contributed by atoms with Gasteiger partial charge in [-0.1, -0.05) is 24.3 Å². The van der Waals surface area contributed by atoms with Crippen molar-refractivity contribution in [2.24, 2.45) is 5.73 Å². The lowest BCUT2D eigenvalue weighted by Crippen LogP contribution is -2.35. The van der Waals surface area contributed by atoms with Gasteiger partial charge in [-0.3, -0.25) is 9.69 Å². The number of nitrogens with zero attached hydrogens (tertiary/aromatic N) is 3. The quantitative estimate of drug-likeness (QED) is 0.444. The predicted octanol–water partition coefficient (Wildman–Crippen LogP) is 3.87. The summed E-state index contributed by atoms with van der Waals surface area (Å²) in [5.74, 6) is 1.84. The van der Waals surface area contributed by atoms with E-state index in [9.17, 15) is 4.79 Å². The SMILES string of the molecule is NC(=O)c1cc(-c2ccc(CN3CCOCC3)cc2)nc2c1[nH]c1cc(N3CCSCC3)ccc12. The Morgan fingerprint density at radius 2 is 1.80 bits per heavy atom. The third-order valence-corrected chi connectivity index (χ3v) is 7.88. The molecule has 0 aliphatic carbocycles. The molecule has 2 aromatic heterocycles. The molecule has 2 fully saturated rings. The van der Waals surface area contributed by atoms with E-state index in [1.807, 2.05) is 11.8 Å². The third kappa shape index (κ3) is 4.49. The summed E-state index contributed by atoms with van der Waals surface area (Å²) in [4.78, 5) is 25.6. The summed E-state index contributed by atoms with van der Waals surface area (Å²) >= 11 is 2.00. The van der Waals surface area contributed by atoms with Crippen LogP contribution < -0.4 is 10.6 Å². The number of carbonyl (C=O) groups excluding carboxylic acids is 1. The highest BCUT2D eigenvalue weighted by molar-refractivity contribution is 7.99. The van der Waals surface area contributed by atoms with Crippen molar-refractivity contribution in [3.63, 3.8) is 0 Å². The molecule has 4 aromatic rings. The zero-order valence-corrected chi connectivity index (χ0v) is 20.4. The molecule has 1 amide bonds. The minimum Gasteiger partial charge on any atom is -0.379 e. The summed E-state index contributed by atoms with van der Waals surface area (Å²) in [5.41, 5.74) is 12.9. The molecule has 0 saturated carbocycles. The topological polar surface area (TPSA) is 87.5 Å². The lowest BCUT2D eigenvalue weighted by atomic mass is 10.0. The third-order valence-electron chi connectivity index (χ3n) is 6.94. The molecule has 2 aliphatic rings. The summed E-state index contributed by atoms with van der Waals surface area (Å²) in [6.07, 6.45) is 0. The molecule has 7 nitrogen and oxygen atoms in total. The molecule has 2 aliphatic heterocycles. The fourth-order valence-electron chi connectivity index (χ4n) is 5.00. The standard InChI is InChI=1S/C27H29N5O2S/c28-27(33)22-16-23(19-3-1-18(2-4-19)17-31-7-11-34-12-8-31)29-25-21-6-5-20(15-24(21)30-26(22)25)32-9-13-35-14-10-32/h1-6,15-16,30H,7-14,17H2,(H2,28,33). The molecule has 0 spiro atoms. The number of morpholine rings is 1. The Hall–Kier alpha value is -3.07. The van der Waals surface area contributed by atoms with Crippen LogP contribution in [0.4, 0.5) is 5.69 Å². The Balaban J connectivity index is 1.36. The highest BCUT2D eigenvalue weighted by Gasteiger charge is 2.18. The summed E-state index contributed by atoms with van der Waals surface area (Å²) in [7, 11) is 0. The first kappa shape index (κ1) is 22.4. The maximum absolute atomic E-state index is 12.4.